The van der Waals surface area contributed by atoms with Gasteiger partial charge in [0.05, 0.1) is 11.3 Å². The van der Waals surface area contributed by atoms with Crippen molar-refractivity contribution >= 4 is 27.6 Å². The summed E-state index contributed by atoms with van der Waals surface area (Å²) in [6.07, 6.45) is 2.52. The number of hydrogen-bond acceptors (Lipinski definition) is 4. The maximum atomic E-state index is 13.0. The number of carboxylic acid groups (broad SMARTS) is 1. The fourth-order valence-corrected chi connectivity index (χ4v) is 4.61. The molecule has 1 aromatic heterocycles. The highest BCUT2D eigenvalue weighted by molar-refractivity contribution is 7.92. The van der Waals surface area contributed by atoms with Crippen LogP contribution in [0.15, 0.2) is 35.4 Å². The van der Waals surface area contributed by atoms with Gasteiger partial charge in [-0.3, -0.25) is 9.10 Å². The van der Waals surface area contributed by atoms with Crippen molar-refractivity contribution in [3.8, 4) is 0 Å². The number of aryl methyl sites for hydroxylation is 2. The highest BCUT2D eigenvalue weighted by atomic mass is 32.2. The van der Waals surface area contributed by atoms with Crippen LogP contribution in [-0.4, -0.2) is 36.5 Å². The normalized spacial score (nSPS) is 14.2. The number of fused-ring (bicyclic) bond motifs is 1. The predicted octanol–water partition coefficient (Wildman–Crippen LogP) is 0.964. The number of carbonyl (C=O) groups is 2. The van der Waals surface area contributed by atoms with Crippen LogP contribution in [0.4, 0.5) is 5.69 Å². The standard InChI is InChI=1S/C16H17N3O5S/c1-18-9-12(8-14(18)15(17)20)25(23,24)19-6-2-3-10-7-11(16(21)22)4-5-13(10)19/h4-5,7-9H,2-3,6H2,1H3,(H2,17,20)(H,21,22). The summed E-state index contributed by atoms with van der Waals surface area (Å²) in [5.41, 5.74) is 6.59. The molecule has 0 saturated carbocycles. The fraction of sp³-hybridized carbons (Fsp3) is 0.250. The molecule has 0 bridgehead atoms. The van der Waals surface area contributed by atoms with E-state index in [9.17, 15) is 18.0 Å². The zero-order chi connectivity index (χ0) is 18.4. The van der Waals surface area contributed by atoms with Gasteiger partial charge >= 0.3 is 5.97 Å². The van der Waals surface area contributed by atoms with Gasteiger partial charge in [0, 0.05) is 19.8 Å². The number of anilines is 1. The van der Waals surface area contributed by atoms with Crippen molar-refractivity contribution in [2.24, 2.45) is 12.8 Å². The third kappa shape index (κ3) is 2.86. The maximum absolute atomic E-state index is 13.0. The van der Waals surface area contributed by atoms with Crippen LogP contribution in [0, 0.1) is 0 Å². The summed E-state index contributed by atoms with van der Waals surface area (Å²) in [4.78, 5) is 22.5. The van der Waals surface area contributed by atoms with Gasteiger partial charge in [0.2, 0.25) is 0 Å². The second-order valence-electron chi connectivity index (χ2n) is 5.87. The second kappa shape index (κ2) is 5.92. The molecule has 0 radical (unpaired) electrons. The molecule has 0 unspecified atom stereocenters. The number of sulfonamides is 1. The van der Waals surface area contributed by atoms with Gasteiger partial charge in [0.25, 0.3) is 15.9 Å². The van der Waals surface area contributed by atoms with Gasteiger partial charge in [0.15, 0.2) is 0 Å². The number of primary amides is 1. The van der Waals surface area contributed by atoms with Gasteiger partial charge in [-0.15, -0.1) is 0 Å². The minimum absolute atomic E-state index is 0.0287. The quantitative estimate of drug-likeness (QED) is 0.838. The highest BCUT2D eigenvalue weighted by Crippen LogP contribution is 2.33. The van der Waals surface area contributed by atoms with Crippen molar-refractivity contribution in [2.75, 3.05) is 10.8 Å². The molecule has 2 heterocycles. The van der Waals surface area contributed by atoms with Crippen LogP contribution < -0.4 is 10.0 Å². The van der Waals surface area contributed by atoms with E-state index in [1.165, 1.54) is 39.3 Å². The number of nitrogens with two attached hydrogens (primary N) is 1. The predicted molar refractivity (Wildman–Crippen MR) is 90.2 cm³/mol. The first kappa shape index (κ1) is 17.0. The monoisotopic (exact) mass is 363 g/mol. The number of benzene rings is 1. The Morgan fingerprint density at radius 3 is 2.56 bits per heavy atom. The molecular formula is C16H17N3O5S. The van der Waals surface area contributed by atoms with Crippen LogP contribution in [0.5, 0.6) is 0 Å². The lowest BCUT2D eigenvalue weighted by atomic mass is 10.0. The van der Waals surface area contributed by atoms with Crippen molar-refractivity contribution in [1.82, 2.24) is 4.57 Å². The highest BCUT2D eigenvalue weighted by Gasteiger charge is 2.31. The smallest absolute Gasteiger partial charge is 0.335 e. The molecule has 25 heavy (non-hydrogen) atoms. The summed E-state index contributed by atoms with van der Waals surface area (Å²) in [7, 11) is -2.34. The number of amides is 1. The largest absolute Gasteiger partial charge is 0.478 e. The zero-order valence-corrected chi connectivity index (χ0v) is 14.3. The van der Waals surface area contributed by atoms with Crippen molar-refractivity contribution in [3.63, 3.8) is 0 Å². The third-order valence-corrected chi connectivity index (χ3v) is 6.00. The molecule has 1 aliphatic rings. The average Bonchev–Trinajstić information content (AvgIpc) is 2.96. The Morgan fingerprint density at radius 1 is 1.24 bits per heavy atom. The Kier molecular flexibility index (Phi) is 4.03. The van der Waals surface area contributed by atoms with E-state index in [-0.39, 0.29) is 22.7 Å². The van der Waals surface area contributed by atoms with Crippen LogP contribution in [0.2, 0.25) is 0 Å². The van der Waals surface area contributed by atoms with Gasteiger partial charge in [-0.1, -0.05) is 0 Å². The number of rotatable bonds is 4. The van der Waals surface area contributed by atoms with E-state index in [2.05, 4.69) is 0 Å². The molecule has 0 spiro atoms. The molecule has 9 heteroatoms. The molecule has 0 fully saturated rings. The molecule has 1 aromatic carbocycles. The summed E-state index contributed by atoms with van der Waals surface area (Å²) in [5.74, 6) is -1.77. The molecule has 0 aliphatic carbocycles. The molecule has 3 N–H and O–H groups in total. The van der Waals surface area contributed by atoms with Gasteiger partial charge in [-0.25, -0.2) is 13.2 Å². The second-order valence-corrected chi connectivity index (χ2v) is 7.73. The maximum Gasteiger partial charge on any atom is 0.335 e. The van der Waals surface area contributed by atoms with E-state index >= 15 is 0 Å². The van der Waals surface area contributed by atoms with Crippen LogP contribution >= 0.6 is 0 Å². The Hall–Kier alpha value is -2.81. The van der Waals surface area contributed by atoms with Gasteiger partial charge in [-0.2, -0.15) is 0 Å². The molecule has 1 amide bonds. The Balaban J connectivity index is 2.07. The van der Waals surface area contributed by atoms with Crippen LogP contribution in [0.3, 0.4) is 0 Å². The van der Waals surface area contributed by atoms with E-state index in [0.717, 1.165) is 0 Å². The molecule has 1 aliphatic heterocycles. The summed E-state index contributed by atoms with van der Waals surface area (Å²) in [5, 5.41) is 9.10. The van der Waals surface area contributed by atoms with E-state index in [4.69, 9.17) is 10.8 Å². The van der Waals surface area contributed by atoms with Crippen molar-refractivity contribution < 1.29 is 23.1 Å². The van der Waals surface area contributed by atoms with Crippen molar-refractivity contribution in [2.45, 2.75) is 17.7 Å². The first-order valence-electron chi connectivity index (χ1n) is 7.57. The molecule has 3 rings (SSSR count). The summed E-state index contributed by atoms with van der Waals surface area (Å²) in [6, 6.07) is 5.64. The average molecular weight is 363 g/mol. The van der Waals surface area contributed by atoms with E-state index in [0.29, 0.717) is 24.1 Å². The number of aromatic nitrogens is 1. The number of hydrogen-bond donors (Lipinski definition) is 2. The van der Waals surface area contributed by atoms with Crippen LogP contribution in [-0.2, 0) is 23.5 Å². The summed E-state index contributed by atoms with van der Waals surface area (Å²) >= 11 is 0. The van der Waals surface area contributed by atoms with E-state index in [1.807, 2.05) is 0 Å². The third-order valence-electron chi connectivity index (χ3n) is 4.22. The SMILES string of the molecule is Cn1cc(S(=O)(=O)N2CCCc3cc(C(=O)O)ccc32)cc1C(N)=O. The Bertz CT molecular complexity index is 978. The number of nitrogens with zero attached hydrogens (tertiary/aromatic N) is 2. The Labute approximate surface area is 144 Å². The van der Waals surface area contributed by atoms with E-state index in [1.54, 1.807) is 7.05 Å². The minimum Gasteiger partial charge on any atom is -0.478 e. The van der Waals surface area contributed by atoms with Gasteiger partial charge < -0.3 is 15.4 Å². The molecule has 8 nitrogen and oxygen atoms in total. The van der Waals surface area contributed by atoms with E-state index < -0.39 is 21.9 Å². The molecular weight excluding hydrogens is 346 g/mol. The van der Waals surface area contributed by atoms with Crippen LogP contribution in [0.25, 0.3) is 0 Å². The molecule has 0 saturated heterocycles. The molecule has 2 aromatic rings. The lowest BCUT2D eigenvalue weighted by Gasteiger charge is -2.30. The molecule has 132 valence electrons. The number of carboxylic acids is 1. The first-order chi connectivity index (χ1) is 11.7. The lowest BCUT2D eigenvalue weighted by molar-refractivity contribution is 0.0696. The number of carbonyl (C=O) groups excluding carboxylic acids is 1. The summed E-state index contributed by atoms with van der Waals surface area (Å²) in [6.45, 7) is 0.280. The minimum atomic E-state index is -3.89. The fourth-order valence-electron chi connectivity index (χ4n) is 2.99. The molecule has 0 atom stereocenters. The van der Waals surface area contributed by atoms with Crippen molar-refractivity contribution in [3.05, 3.63) is 47.3 Å². The van der Waals surface area contributed by atoms with Crippen LogP contribution in [0.1, 0.15) is 32.8 Å². The van der Waals surface area contributed by atoms with Crippen molar-refractivity contribution in [1.29, 1.82) is 0 Å². The number of aromatic carboxylic acids is 1. The first-order valence-corrected chi connectivity index (χ1v) is 9.01. The summed E-state index contributed by atoms with van der Waals surface area (Å²) < 4.78 is 28.6. The van der Waals surface area contributed by atoms with Gasteiger partial charge in [-0.05, 0) is 42.7 Å². The van der Waals surface area contributed by atoms with Gasteiger partial charge in [0.1, 0.15) is 10.6 Å². The Morgan fingerprint density at radius 2 is 1.96 bits per heavy atom. The topological polar surface area (TPSA) is 123 Å². The zero-order valence-electron chi connectivity index (χ0n) is 13.5. The lowest BCUT2D eigenvalue weighted by Crippen LogP contribution is -2.35.